The molecule has 0 saturated carbocycles. The van der Waals surface area contributed by atoms with E-state index in [1.54, 1.807) is 24.3 Å². The normalized spacial score (nSPS) is 10.8. The monoisotopic (exact) mass is 264 g/mol. The summed E-state index contributed by atoms with van der Waals surface area (Å²) in [6.45, 7) is 5.98. The molecule has 0 fully saturated rings. The fourth-order valence-corrected chi connectivity index (χ4v) is 1.61. The van der Waals surface area contributed by atoms with Crippen LogP contribution in [-0.2, 0) is 0 Å². The molecule has 0 spiro atoms. The summed E-state index contributed by atoms with van der Waals surface area (Å²) >= 11 is 0. The average molecular weight is 264 g/mol. The van der Waals surface area contributed by atoms with E-state index in [2.05, 4.69) is 36.5 Å². The highest BCUT2D eigenvalue weighted by Crippen LogP contribution is 2.07. The van der Waals surface area contributed by atoms with Crippen LogP contribution in [0.5, 0.6) is 0 Å². The fraction of sp³-hybridized carbons (Fsp3) is 0.500. The third kappa shape index (κ3) is 5.28. The predicted octanol–water partition coefficient (Wildman–Crippen LogP) is 1.43. The van der Waals surface area contributed by atoms with Crippen molar-refractivity contribution < 1.29 is 4.79 Å². The molecule has 0 atom stereocenters. The number of hydrogen-bond donors (Lipinski definition) is 3. The largest absolute Gasteiger partial charge is 0.352 e. The predicted molar refractivity (Wildman–Crippen MR) is 79.0 cm³/mol. The minimum absolute atomic E-state index is 0.0456. The third-order valence-corrected chi connectivity index (χ3v) is 3.17. The molecule has 0 saturated heterocycles. The lowest BCUT2D eigenvalue weighted by atomic mass is 10.2. The zero-order valence-electron chi connectivity index (χ0n) is 11.9. The first-order valence-electron chi connectivity index (χ1n) is 6.59. The van der Waals surface area contributed by atoms with E-state index in [1.165, 1.54) is 0 Å². The first-order valence-corrected chi connectivity index (χ1v) is 6.59. The second kappa shape index (κ2) is 7.76. The van der Waals surface area contributed by atoms with Crippen LogP contribution in [0.3, 0.4) is 0 Å². The lowest BCUT2D eigenvalue weighted by molar-refractivity contribution is 0.0951. The lowest BCUT2D eigenvalue weighted by Gasteiger charge is -2.20. The average Bonchev–Trinajstić information content (AvgIpc) is 2.43. The van der Waals surface area contributed by atoms with Crippen molar-refractivity contribution in [2.45, 2.75) is 26.3 Å². The number of rotatable bonds is 7. The van der Waals surface area contributed by atoms with Gasteiger partial charge in [-0.2, -0.15) is 0 Å². The van der Waals surface area contributed by atoms with Crippen LogP contribution >= 0.6 is 0 Å². The summed E-state index contributed by atoms with van der Waals surface area (Å²) in [7, 11) is 2.09. The smallest absolute Gasteiger partial charge is 0.251 e. The lowest BCUT2D eigenvalue weighted by Crippen LogP contribution is -2.31. The van der Waals surface area contributed by atoms with Gasteiger partial charge in [-0.1, -0.05) is 0 Å². The number of nitrogens with two attached hydrogens (primary N) is 1. The maximum Gasteiger partial charge on any atom is 0.251 e. The SMILES string of the molecule is CC(C)N(C)CCCNC(=O)c1ccc(NN)cc1. The topological polar surface area (TPSA) is 70.4 Å². The second-order valence-corrected chi connectivity index (χ2v) is 4.91. The number of nitrogens with zero attached hydrogens (tertiary/aromatic N) is 1. The number of carbonyl (C=O) groups excluding carboxylic acids is 1. The summed E-state index contributed by atoms with van der Waals surface area (Å²) in [5, 5.41) is 2.91. The van der Waals surface area contributed by atoms with Gasteiger partial charge in [-0.05, 0) is 58.1 Å². The van der Waals surface area contributed by atoms with Crippen molar-refractivity contribution in [2.24, 2.45) is 5.84 Å². The van der Waals surface area contributed by atoms with Crippen molar-refractivity contribution in [3.05, 3.63) is 29.8 Å². The Balaban J connectivity index is 2.31. The standard InChI is InChI=1S/C14H24N4O/c1-11(2)18(3)10-4-9-16-14(19)12-5-7-13(17-15)8-6-12/h5-8,11,17H,4,9-10,15H2,1-3H3,(H,16,19). The summed E-state index contributed by atoms with van der Waals surface area (Å²) in [6.07, 6.45) is 0.947. The quantitative estimate of drug-likeness (QED) is 0.396. The van der Waals surface area contributed by atoms with Crippen LogP contribution in [0.4, 0.5) is 5.69 Å². The van der Waals surface area contributed by atoms with Crippen molar-refractivity contribution >= 4 is 11.6 Å². The van der Waals surface area contributed by atoms with E-state index in [9.17, 15) is 4.79 Å². The van der Waals surface area contributed by atoms with Crippen molar-refractivity contribution in [1.29, 1.82) is 0 Å². The molecular formula is C14H24N4O. The maximum absolute atomic E-state index is 11.8. The Kier molecular flexibility index (Phi) is 6.32. The van der Waals surface area contributed by atoms with E-state index < -0.39 is 0 Å². The first kappa shape index (κ1) is 15.5. The van der Waals surface area contributed by atoms with Crippen molar-refractivity contribution in [1.82, 2.24) is 10.2 Å². The van der Waals surface area contributed by atoms with Gasteiger partial charge in [0.2, 0.25) is 0 Å². The Labute approximate surface area is 115 Å². The van der Waals surface area contributed by atoms with E-state index in [0.29, 0.717) is 18.2 Å². The number of nitrogens with one attached hydrogen (secondary N) is 2. The molecule has 0 bridgehead atoms. The van der Waals surface area contributed by atoms with Crippen LogP contribution in [0.15, 0.2) is 24.3 Å². The Morgan fingerprint density at radius 3 is 2.47 bits per heavy atom. The zero-order valence-corrected chi connectivity index (χ0v) is 11.9. The Morgan fingerprint density at radius 1 is 1.32 bits per heavy atom. The van der Waals surface area contributed by atoms with Gasteiger partial charge in [0.15, 0.2) is 0 Å². The number of amides is 1. The van der Waals surface area contributed by atoms with Crippen LogP contribution < -0.4 is 16.6 Å². The molecule has 5 heteroatoms. The van der Waals surface area contributed by atoms with Gasteiger partial charge in [-0.25, -0.2) is 0 Å². The van der Waals surface area contributed by atoms with E-state index >= 15 is 0 Å². The van der Waals surface area contributed by atoms with Gasteiger partial charge in [-0.15, -0.1) is 0 Å². The summed E-state index contributed by atoms with van der Waals surface area (Å²) in [4.78, 5) is 14.1. The molecule has 1 rings (SSSR count). The van der Waals surface area contributed by atoms with E-state index in [0.717, 1.165) is 18.7 Å². The van der Waals surface area contributed by atoms with Crippen molar-refractivity contribution in [3.63, 3.8) is 0 Å². The van der Waals surface area contributed by atoms with Crippen LogP contribution in [0.1, 0.15) is 30.6 Å². The molecule has 0 unspecified atom stereocenters. The summed E-state index contributed by atoms with van der Waals surface area (Å²) < 4.78 is 0. The molecule has 1 aromatic carbocycles. The molecule has 0 aromatic heterocycles. The minimum atomic E-state index is -0.0456. The van der Waals surface area contributed by atoms with Gasteiger partial charge < -0.3 is 15.6 Å². The van der Waals surface area contributed by atoms with Gasteiger partial charge in [0.25, 0.3) is 5.91 Å². The number of hydrazine groups is 1. The number of anilines is 1. The van der Waals surface area contributed by atoms with Crippen molar-refractivity contribution in [2.75, 3.05) is 25.6 Å². The van der Waals surface area contributed by atoms with E-state index in [4.69, 9.17) is 5.84 Å². The summed E-state index contributed by atoms with van der Waals surface area (Å²) in [6, 6.07) is 7.60. The zero-order chi connectivity index (χ0) is 14.3. The van der Waals surface area contributed by atoms with Crippen LogP contribution in [-0.4, -0.2) is 37.0 Å². The van der Waals surface area contributed by atoms with Gasteiger partial charge in [-0.3, -0.25) is 10.6 Å². The van der Waals surface area contributed by atoms with Gasteiger partial charge in [0, 0.05) is 23.8 Å². The third-order valence-electron chi connectivity index (χ3n) is 3.17. The van der Waals surface area contributed by atoms with Crippen LogP contribution in [0, 0.1) is 0 Å². The molecule has 1 amide bonds. The first-order chi connectivity index (χ1) is 9.04. The van der Waals surface area contributed by atoms with Gasteiger partial charge >= 0.3 is 0 Å². The van der Waals surface area contributed by atoms with E-state index in [1.807, 2.05) is 0 Å². The molecule has 1 aromatic rings. The Hall–Kier alpha value is -1.59. The summed E-state index contributed by atoms with van der Waals surface area (Å²) in [5.41, 5.74) is 3.97. The maximum atomic E-state index is 11.8. The molecule has 0 radical (unpaired) electrons. The Morgan fingerprint density at radius 2 is 1.95 bits per heavy atom. The fourth-order valence-electron chi connectivity index (χ4n) is 1.61. The van der Waals surface area contributed by atoms with Gasteiger partial charge in [0.05, 0.1) is 0 Å². The molecular weight excluding hydrogens is 240 g/mol. The number of benzene rings is 1. The second-order valence-electron chi connectivity index (χ2n) is 4.91. The number of carbonyl (C=O) groups is 1. The van der Waals surface area contributed by atoms with Gasteiger partial charge in [0.1, 0.15) is 0 Å². The molecule has 0 aliphatic heterocycles. The molecule has 0 aliphatic carbocycles. The van der Waals surface area contributed by atoms with Crippen molar-refractivity contribution in [3.8, 4) is 0 Å². The highest BCUT2D eigenvalue weighted by molar-refractivity contribution is 5.94. The Bertz CT molecular complexity index is 389. The highest BCUT2D eigenvalue weighted by Gasteiger charge is 2.05. The number of nitrogen functional groups attached to an aromatic ring is 1. The molecule has 19 heavy (non-hydrogen) atoms. The molecule has 0 aliphatic rings. The number of hydrogen-bond acceptors (Lipinski definition) is 4. The molecule has 4 N–H and O–H groups in total. The van der Waals surface area contributed by atoms with Crippen LogP contribution in [0.2, 0.25) is 0 Å². The molecule has 0 heterocycles. The van der Waals surface area contributed by atoms with E-state index in [-0.39, 0.29) is 5.91 Å². The summed E-state index contributed by atoms with van der Waals surface area (Å²) in [5.74, 6) is 5.23. The minimum Gasteiger partial charge on any atom is -0.352 e. The molecule has 106 valence electrons. The van der Waals surface area contributed by atoms with Crippen LogP contribution in [0.25, 0.3) is 0 Å². The highest BCUT2D eigenvalue weighted by atomic mass is 16.1. The molecule has 5 nitrogen and oxygen atoms in total.